The van der Waals surface area contributed by atoms with E-state index in [-0.39, 0.29) is 11.1 Å². The molecule has 0 aliphatic carbocycles. The van der Waals surface area contributed by atoms with Gasteiger partial charge in [0.1, 0.15) is 0 Å². The van der Waals surface area contributed by atoms with Crippen molar-refractivity contribution in [2.45, 2.75) is 25.7 Å². The Morgan fingerprint density at radius 3 is 2.79 bits per heavy atom. The van der Waals surface area contributed by atoms with Crippen molar-refractivity contribution in [2.75, 3.05) is 13.1 Å². The maximum atomic E-state index is 11.1. The molecule has 0 saturated carbocycles. The predicted molar refractivity (Wildman–Crippen MR) is 55.0 cm³/mol. The van der Waals surface area contributed by atoms with E-state index in [0.717, 1.165) is 32.4 Å². The standard InChI is InChI=1S/C10H14ClNO2/c11-9(13)5-2-1-3-7-12-8-4-6-10(12)14/h4,6H,1-3,5,7-8H2. The molecule has 0 spiro atoms. The van der Waals surface area contributed by atoms with Crippen molar-refractivity contribution in [3.63, 3.8) is 0 Å². The molecular formula is C10H14ClNO2. The van der Waals surface area contributed by atoms with Gasteiger partial charge in [-0.2, -0.15) is 0 Å². The fourth-order valence-corrected chi connectivity index (χ4v) is 1.55. The van der Waals surface area contributed by atoms with Crippen LogP contribution in [0.1, 0.15) is 25.7 Å². The summed E-state index contributed by atoms with van der Waals surface area (Å²) in [5, 5.41) is -0.274. The number of hydrogen-bond acceptors (Lipinski definition) is 2. The summed E-state index contributed by atoms with van der Waals surface area (Å²) in [4.78, 5) is 23.3. The van der Waals surface area contributed by atoms with Gasteiger partial charge in [-0.1, -0.05) is 12.5 Å². The number of unbranched alkanes of at least 4 members (excludes halogenated alkanes) is 2. The third-order valence-electron chi connectivity index (χ3n) is 2.20. The molecule has 1 aliphatic rings. The Kier molecular flexibility index (Phi) is 4.66. The van der Waals surface area contributed by atoms with Crippen LogP contribution in [0.25, 0.3) is 0 Å². The lowest BCUT2D eigenvalue weighted by Crippen LogP contribution is -2.26. The van der Waals surface area contributed by atoms with E-state index in [4.69, 9.17) is 11.6 Å². The average Bonchev–Trinajstić information content (AvgIpc) is 2.51. The van der Waals surface area contributed by atoms with Gasteiger partial charge in [-0.25, -0.2) is 0 Å². The molecule has 0 aromatic carbocycles. The first-order chi connectivity index (χ1) is 6.70. The molecule has 0 aromatic rings. The normalized spacial score (nSPS) is 15.2. The van der Waals surface area contributed by atoms with E-state index >= 15 is 0 Å². The van der Waals surface area contributed by atoms with Gasteiger partial charge in [0, 0.05) is 25.6 Å². The second-order valence-corrected chi connectivity index (χ2v) is 3.77. The quantitative estimate of drug-likeness (QED) is 0.500. The van der Waals surface area contributed by atoms with Crippen LogP contribution < -0.4 is 0 Å². The maximum absolute atomic E-state index is 11.1. The van der Waals surface area contributed by atoms with Crippen LogP contribution in [0, 0.1) is 0 Å². The van der Waals surface area contributed by atoms with Gasteiger partial charge in [0.05, 0.1) is 0 Å². The number of nitrogens with zero attached hydrogens (tertiary/aromatic N) is 1. The van der Waals surface area contributed by atoms with Crippen LogP contribution in [0.15, 0.2) is 12.2 Å². The van der Waals surface area contributed by atoms with Gasteiger partial charge in [0.2, 0.25) is 11.1 Å². The first kappa shape index (κ1) is 11.2. The van der Waals surface area contributed by atoms with Crippen molar-refractivity contribution in [1.82, 2.24) is 4.90 Å². The van der Waals surface area contributed by atoms with E-state index in [1.165, 1.54) is 0 Å². The van der Waals surface area contributed by atoms with Gasteiger partial charge in [-0.05, 0) is 24.4 Å². The van der Waals surface area contributed by atoms with E-state index in [0.29, 0.717) is 6.42 Å². The maximum Gasteiger partial charge on any atom is 0.246 e. The zero-order valence-electron chi connectivity index (χ0n) is 8.04. The van der Waals surface area contributed by atoms with Crippen molar-refractivity contribution < 1.29 is 9.59 Å². The molecule has 1 heterocycles. The van der Waals surface area contributed by atoms with Crippen LogP contribution in [0.4, 0.5) is 0 Å². The smallest absolute Gasteiger partial charge is 0.246 e. The SMILES string of the molecule is O=C(Cl)CCCCCN1CC=CC1=O. The molecule has 1 aliphatic heterocycles. The summed E-state index contributed by atoms with van der Waals surface area (Å²) in [6.07, 6.45) is 6.61. The number of rotatable bonds is 6. The van der Waals surface area contributed by atoms with Crippen LogP contribution in [0.3, 0.4) is 0 Å². The highest BCUT2D eigenvalue weighted by molar-refractivity contribution is 6.63. The lowest BCUT2D eigenvalue weighted by molar-refractivity contribution is -0.124. The Bertz CT molecular complexity index is 251. The van der Waals surface area contributed by atoms with Crippen molar-refractivity contribution in [3.05, 3.63) is 12.2 Å². The first-order valence-electron chi connectivity index (χ1n) is 4.84. The molecule has 0 atom stereocenters. The third kappa shape index (κ3) is 3.92. The van der Waals surface area contributed by atoms with Gasteiger partial charge in [-0.15, -0.1) is 0 Å². The molecule has 1 rings (SSSR count). The number of carbonyl (C=O) groups excluding carboxylic acids is 2. The van der Waals surface area contributed by atoms with E-state index in [1.807, 2.05) is 6.08 Å². The lowest BCUT2D eigenvalue weighted by Gasteiger charge is -2.14. The number of amides is 1. The second kappa shape index (κ2) is 5.81. The Morgan fingerprint density at radius 1 is 1.43 bits per heavy atom. The number of hydrogen-bond donors (Lipinski definition) is 0. The van der Waals surface area contributed by atoms with Crippen LogP contribution in [0.2, 0.25) is 0 Å². The highest BCUT2D eigenvalue weighted by Gasteiger charge is 2.12. The molecule has 0 N–H and O–H groups in total. The molecule has 0 aromatic heterocycles. The van der Waals surface area contributed by atoms with E-state index in [1.54, 1.807) is 11.0 Å². The van der Waals surface area contributed by atoms with Crippen molar-refractivity contribution >= 4 is 22.8 Å². The Labute approximate surface area is 88.7 Å². The zero-order chi connectivity index (χ0) is 10.4. The molecule has 14 heavy (non-hydrogen) atoms. The molecule has 1 amide bonds. The van der Waals surface area contributed by atoms with Crippen LogP contribution >= 0.6 is 11.6 Å². The van der Waals surface area contributed by atoms with E-state index in [9.17, 15) is 9.59 Å². The van der Waals surface area contributed by atoms with Crippen LogP contribution in [-0.2, 0) is 9.59 Å². The summed E-state index contributed by atoms with van der Waals surface area (Å²) in [5.41, 5.74) is 0. The number of carbonyl (C=O) groups is 2. The fraction of sp³-hybridized carbons (Fsp3) is 0.600. The molecule has 0 unspecified atom stereocenters. The minimum atomic E-state index is -0.274. The average molecular weight is 216 g/mol. The summed E-state index contributed by atoms with van der Waals surface area (Å²) < 4.78 is 0. The van der Waals surface area contributed by atoms with E-state index in [2.05, 4.69) is 0 Å². The fourth-order valence-electron chi connectivity index (χ4n) is 1.42. The first-order valence-corrected chi connectivity index (χ1v) is 5.22. The molecular weight excluding hydrogens is 202 g/mol. The Balaban J connectivity index is 1.99. The number of halogens is 1. The highest BCUT2D eigenvalue weighted by atomic mass is 35.5. The van der Waals surface area contributed by atoms with Crippen molar-refractivity contribution in [2.24, 2.45) is 0 Å². The third-order valence-corrected chi connectivity index (χ3v) is 2.39. The molecule has 0 saturated heterocycles. The van der Waals surface area contributed by atoms with E-state index < -0.39 is 0 Å². The van der Waals surface area contributed by atoms with Gasteiger partial charge >= 0.3 is 0 Å². The largest absolute Gasteiger partial charge is 0.335 e. The Hall–Kier alpha value is -0.830. The van der Waals surface area contributed by atoms with Gasteiger partial charge < -0.3 is 4.90 Å². The summed E-state index contributed by atoms with van der Waals surface area (Å²) in [7, 11) is 0. The monoisotopic (exact) mass is 215 g/mol. The van der Waals surface area contributed by atoms with Crippen molar-refractivity contribution in [3.8, 4) is 0 Å². The summed E-state index contributed by atoms with van der Waals surface area (Å²) in [5.74, 6) is 0.0958. The predicted octanol–water partition coefficient (Wildman–Crippen LogP) is 1.71. The van der Waals surface area contributed by atoms with Crippen molar-refractivity contribution in [1.29, 1.82) is 0 Å². The molecule has 78 valence electrons. The lowest BCUT2D eigenvalue weighted by atomic mass is 10.2. The summed E-state index contributed by atoms with van der Waals surface area (Å²) >= 11 is 5.19. The minimum absolute atomic E-state index is 0.0958. The van der Waals surface area contributed by atoms with Gasteiger partial charge in [0.15, 0.2) is 0 Å². The molecule has 4 heteroatoms. The zero-order valence-corrected chi connectivity index (χ0v) is 8.79. The highest BCUT2D eigenvalue weighted by Crippen LogP contribution is 2.06. The summed E-state index contributed by atoms with van der Waals surface area (Å²) in [6.45, 7) is 1.51. The molecule has 0 radical (unpaired) electrons. The van der Waals surface area contributed by atoms with Gasteiger partial charge in [0.25, 0.3) is 0 Å². The molecule has 3 nitrogen and oxygen atoms in total. The van der Waals surface area contributed by atoms with Crippen LogP contribution in [-0.4, -0.2) is 29.1 Å². The molecule has 0 bridgehead atoms. The summed E-state index contributed by atoms with van der Waals surface area (Å²) in [6, 6.07) is 0. The van der Waals surface area contributed by atoms with Gasteiger partial charge in [-0.3, -0.25) is 9.59 Å². The Morgan fingerprint density at radius 2 is 2.21 bits per heavy atom. The minimum Gasteiger partial charge on any atom is -0.335 e. The van der Waals surface area contributed by atoms with Crippen LogP contribution in [0.5, 0.6) is 0 Å². The topological polar surface area (TPSA) is 37.4 Å². The molecule has 0 fully saturated rings. The second-order valence-electron chi connectivity index (χ2n) is 3.35.